The van der Waals surface area contributed by atoms with Gasteiger partial charge in [-0.15, -0.1) is 0 Å². The second-order valence-electron chi connectivity index (χ2n) is 5.43. The van der Waals surface area contributed by atoms with E-state index in [1.165, 1.54) is 17.3 Å². The molecule has 1 heterocycles. The summed E-state index contributed by atoms with van der Waals surface area (Å²) in [4.78, 5) is 12.8. The van der Waals surface area contributed by atoms with Crippen molar-refractivity contribution in [2.75, 3.05) is 0 Å². The predicted molar refractivity (Wildman–Crippen MR) is 88.1 cm³/mol. The van der Waals surface area contributed by atoms with Crippen molar-refractivity contribution < 1.29 is 4.21 Å². The van der Waals surface area contributed by atoms with Crippen LogP contribution in [0, 0.1) is 0 Å². The summed E-state index contributed by atoms with van der Waals surface area (Å²) in [7, 11) is -1.26. The van der Waals surface area contributed by atoms with Crippen LogP contribution in [0.1, 0.15) is 32.1 Å². The van der Waals surface area contributed by atoms with Gasteiger partial charge in [-0.1, -0.05) is 49.1 Å². The number of rotatable bonds is 3. The van der Waals surface area contributed by atoms with Gasteiger partial charge in [0.1, 0.15) is 5.02 Å². The summed E-state index contributed by atoms with van der Waals surface area (Å²) in [5.74, 6) is 0. The minimum Gasteiger partial charge on any atom is -0.266 e. The highest BCUT2D eigenvalue weighted by molar-refractivity contribution is 7.85. The molecular formula is C16H17ClN2O2S. The van der Waals surface area contributed by atoms with Crippen molar-refractivity contribution >= 4 is 22.4 Å². The maximum atomic E-state index is 12.7. The van der Waals surface area contributed by atoms with Crippen LogP contribution in [0.4, 0.5) is 0 Å². The lowest BCUT2D eigenvalue weighted by atomic mass is 10.0. The molecule has 0 saturated heterocycles. The molecule has 4 nitrogen and oxygen atoms in total. The Morgan fingerprint density at radius 3 is 2.50 bits per heavy atom. The fraction of sp³-hybridized carbons (Fsp3) is 0.375. The number of benzene rings is 1. The molecule has 1 unspecified atom stereocenters. The fourth-order valence-electron chi connectivity index (χ4n) is 2.77. The molecule has 1 fully saturated rings. The van der Waals surface area contributed by atoms with Crippen LogP contribution < -0.4 is 5.56 Å². The molecule has 1 aromatic heterocycles. The van der Waals surface area contributed by atoms with Gasteiger partial charge in [0.25, 0.3) is 5.56 Å². The van der Waals surface area contributed by atoms with E-state index in [2.05, 4.69) is 5.10 Å². The third-order valence-corrected chi connectivity index (χ3v) is 6.26. The van der Waals surface area contributed by atoms with Gasteiger partial charge in [0.2, 0.25) is 0 Å². The average Bonchev–Trinajstić information content (AvgIpc) is 2.58. The molecule has 0 aliphatic heterocycles. The second kappa shape index (κ2) is 6.75. The van der Waals surface area contributed by atoms with Crippen LogP contribution >= 0.6 is 11.6 Å². The molecule has 116 valence electrons. The van der Waals surface area contributed by atoms with Crippen LogP contribution in [0.3, 0.4) is 0 Å². The monoisotopic (exact) mass is 336 g/mol. The van der Waals surface area contributed by atoms with Gasteiger partial charge >= 0.3 is 0 Å². The minimum absolute atomic E-state index is 0.0164. The lowest BCUT2D eigenvalue weighted by Crippen LogP contribution is -2.25. The Hall–Kier alpha value is -1.46. The van der Waals surface area contributed by atoms with E-state index in [1.54, 1.807) is 12.1 Å². The third kappa shape index (κ3) is 3.01. The van der Waals surface area contributed by atoms with Gasteiger partial charge in [0.05, 0.1) is 27.6 Å². The molecule has 0 N–H and O–H groups in total. The van der Waals surface area contributed by atoms with E-state index < -0.39 is 16.4 Å². The Bertz CT molecular complexity index is 740. The summed E-state index contributed by atoms with van der Waals surface area (Å²) >= 11 is 6.20. The SMILES string of the molecule is O=c1c(Cl)c(S(=O)C2CCCCC2)cnn1-c1ccccc1. The van der Waals surface area contributed by atoms with E-state index in [9.17, 15) is 9.00 Å². The summed E-state index contributed by atoms with van der Waals surface area (Å²) < 4.78 is 13.9. The van der Waals surface area contributed by atoms with E-state index in [4.69, 9.17) is 11.6 Å². The highest BCUT2D eigenvalue weighted by Crippen LogP contribution is 2.27. The molecule has 1 aliphatic carbocycles. The normalized spacial score (nSPS) is 17.3. The lowest BCUT2D eigenvalue weighted by Gasteiger charge is -2.21. The molecule has 1 saturated carbocycles. The molecule has 0 bridgehead atoms. The number of nitrogens with zero attached hydrogens (tertiary/aromatic N) is 2. The second-order valence-corrected chi connectivity index (χ2v) is 7.51. The molecule has 1 atom stereocenters. The summed E-state index contributed by atoms with van der Waals surface area (Å²) in [5.41, 5.74) is 0.221. The highest BCUT2D eigenvalue weighted by atomic mass is 35.5. The fourth-order valence-corrected chi connectivity index (χ4v) is 4.66. The Labute approximate surface area is 136 Å². The zero-order valence-electron chi connectivity index (χ0n) is 12.1. The maximum absolute atomic E-state index is 12.7. The number of para-hydroxylation sites is 1. The molecule has 0 spiro atoms. The first kappa shape index (κ1) is 15.4. The number of hydrogen-bond donors (Lipinski definition) is 0. The molecular weight excluding hydrogens is 320 g/mol. The first-order valence-corrected chi connectivity index (χ1v) is 9.01. The van der Waals surface area contributed by atoms with Crippen LogP contribution in [0.15, 0.2) is 46.2 Å². The third-order valence-electron chi connectivity index (χ3n) is 3.96. The number of hydrogen-bond acceptors (Lipinski definition) is 3. The van der Waals surface area contributed by atoms with Crippen LogP contribution in [-0.4, -0.2) is 19.2 Å². The minimum atomic E-state index is -1.26. The van der Waals surface area contributed by atoms with Gasteiger partial charge in [0, 0.05) is 5.25 Å². The Morgan fingerprint density at radius 2 is 1.82 bits per heavy atom. The van der Waals surface area contributed by atoms with Crippen molar-refractivity contribution in [3.8, 4) is 5.69 Å². The van der Waals surface area contributed by atoms with Crippen LogP contribution in [-0.2, 0) is 10.8 Å². The van der Waals surface area contributed by atoms with Gasteiger partial charge in [0.15, 0.2) is 0 Å². The largest absolute Gasteiger partial charge is 0.291 e. The Balaban J connectivity index is 1.96. The van der Waals surface area contributed by atoms with Crippen LogP contribution in [0.25, 0.3) is 5.69 Å². The van der Waals surface area contributed by atoms with Crippen molar-refractivity contribution in [1.82, 2.24) is 9.78 Å². The van der Waals surface area contributed by atoms with Gasteiger partial charge in [-0.3, -0.25) is 9.00 Å². The first-order valence-electron chi connectivity index (χ1n) is 7.42. The predicted octanol–water partition coefficient (Wildman–Crippen LogP) is 3.33. The standard InChI is InChI=1S/C16H17ClN2O2S/c17-15-14(22(21)13-9-5-2-6-10-13)11-18-19(16(15)20)12-7-3-1-4-8-12/h1,3-4,7-8,11,13H,2,5-6,9-10H2. The van der Waals surface area contributed by atoms with Crippen molar-refractivity contribution in [2.24, 2.45) is 0 Å². The molecule has 22 heavy (non-hydrogen) atoms. The van der Waals surface area contributed by atoms with Crippen molar-refractivity contribution in [3.05, 3.63) is 51.9 Å². The zero-order chi connectivity index (χ0) is 15.5. The van der Waals surface area contributed by atoms with Gasteiger partial charge in [-0.25, -0.2) is 0 Å². The zero-order valence-corrected chi connectivity index (χ0v) is 13.6. The Morgan fingerprint density at radius 1 is 1.14 bits per heavy atom. The van der Waals surface area contributed by atoms with Gasteiger partial charge in [-0.05, 0) is 25.0 Å². The molecule has 2 aromatic rings. The quantitative estimate of drug-likeness (QED) is 0.864. The summed E-state index contributed by atoms with van der Waals surface area (Å²) in [5, 5.41) is 4.25. The number of aromatic nitrogens is 2. The van der Waals surface area contributed by atoms with E-state index in [0.29, 0.717) is 10.6 Å². The Kier molecular flexibility index (Phi) is 4.74. The smallest absolute Gasteiger partial charge is 0.266 e. The van der Waals surface area contributed by atoms with E-state index in [0.717, 1.165) is 25.7 Å². The average molecular weight is 337 g/mol. The van der Waals surface area contributed by atoms with Crippen molar-refractivity contribution in [1.29, 1.82) is 0 Å². The maximum Gasteiger partial charge on any atom is 0.291 e. The van der Waals surface area contributed by atoms with E-state index in [-0.39, 0.29) is 10.3 Å². The molecule has 3 rings (SSSR count). The topological polar surface area (TPSA) is 52.0 Å². The van der Waals surface area contributed by atoms with Gasteiger partial charge in [-0.2, -0.15) is 9.78 Å². The summed E-state index contributed by atoms with van der Waals surface area (Å²) in [6.45, 7) is 0. The molecule has 1 aliphatic rings. The molecule has 1 aromatic carbocycles. The van der Waals surface area contributed by atoms with E-state index >= 15 is 0 Å². The first-order chi connectivity index (χ1) is 10.7. The number of halogens is 1. The summed E-state index contributed by atoms with van der Waals surface area (Å²) in [6, 6.07) is 9.07. The summed E-state index contributed by atoms with van der Waals surface area (Å²) in [6.07, 6.45) is 6.68. The van der Waals surface area contributed by atoms with Crippen LogP contribution in [0.2, 0.25) is 5.02 Å². The van der Waals surface area contributed by atoms with E-state index in [1.807, 2.05) is 18.2 Å². The molecule has 6 heteroatoms. The highest BCUT2D eigenvalue weighted by Gasteiger charge is 2.24. The lowest BCUT2D eigenvalue weighted by molar-refractivity contribution is 0.504. The van der Waals surface area contributed by atoms with Gasteiger partial charge < -0.3 is 0 Å². The molecule has 0 amide bonds. The van der Waals surface area contributed by atoms with Crippen molar-refractivity contribution in [3.63, 3.8) is 0 Å². The van der Waals surface area contributed by atoms with Crippen LogP contribution in [0.5, 0.6) is 0 Å². The molecule has 0 radical (unpaired) electrons. The van der Waals surface area contributed by atoms with Crippen molar-refractivity contribution in [2.45, 2.75) is 42.2 Å².